The summed E-state index contributed by atoms with van der Waals surface area (Å²) in [6, 6.07) is 7.18. The zero-order chi connectivity index (χ0) is 22.2. The largest absolute Gasteiger partial charge is 0.494 e. The third-order valence-electron chi connectivity index (χ3n) is 3.79. The zero-order valence-corrected chi connectivity index (χ0v) is 17.2. The smallest absolute Gasteiger partial charge is 0.407 e. The maximum Gasteiger partial charge on any atom is 0.407 e. The van der Waals surface area contributed by atoms with Gasteiger partial charge in [-0.25, -0.2) is 14.4 Å². The van der Waals surface area contributed by atoms with Gasteiger partial charge >= 0.3 is 18.0 Å². The molecule has 1 rings (SSSR count). The second-order valence-corrected chi connectivity index (χ2v) is 6.48. The van der Waals surface area contributed by atoms with E-state index >= 15 is 0 Å². The predicted octanol–water partition coefficient (Wildman–Crippen LogP) is 3.57. The Hall–Kier alpha value is -3.29. The van der Waals surface area contributed by atoms with Gasteiger partial charge in [0.05, 0.1) is 19.8 Å². The zero-order valence-electron chi connectivity index (χ0n) is 17.2. The Morgan fingerprint density at radius 1 is 1.00 bits per heavy atom. The summed E-state index contributed by atoms with van der Waals surface area (Å²) >= 11 is 0. The van der Waals surface area contributed by atoms with E-state index in [1.807, 2.05) is 0 Å². The number of rotatable bonds is 14. The quantitative estimate of drug-likeness (QED) is 0.269. The average Bonchev–Trinajstić information content (AvgIpc) is 2.72. The molecule has 0 unspecified atom stereocenters. The summed E-state index contributed by atoms with van der Waals surface area (Å²) < 4.78 is 15.5. The van der Waals surface area contributed by atoms with Crippen LogP contribution >= 0.6 is 0 Å². The molecule has 8 heteroatoms. The van der Waals surface area contributed by atoms with Gasteiger partial charge in [0.1, 0.15) is 12.4 Å². The molecular formula is C22H29NO7. The highest BCUT2D eigenvalue weighted by molar-refractivity contribution is 5.87. The molecule has 0 saturated heterocycles. The van der Waals surface area contributed by atoms with Crippen LogP contribution in [0.3, 0.4) is 0 Å². The van der Waals surface area contributed by atoms with Crippen molar-refractivity contribution in [2.24, 2.45) is 0 Å². The standard InChI is InChI=1S/C22H29NO7/c1-17(2)21(26)29-16-13-23-22(27)30-15-6-4-3-5-14-28-19-10-7-18(8-11-19)9-12-20(24)25/h7-12H,1,3-6,13-16H2,2H3,(H,23,27)(H,24,25). The first kappa shape index (κ1) is 24.7. The van der Waals surface area contributed by atoms with Gasteiger partial charge in [-0.2, -0.15) is 0 Å². The van der Waals surface area contributed by atoms with E-state index in [1.165, 1.54) is 6.08 Å². The summed E-state index contributed by atoms with van der Waals surface area (Å²) in [5, 5.41) is 11.1. The van der Waals surface area contributed by atoms with Crippen molar-refractivity contribution in [3.63, 3.8) is 0 Å². The third-order valence-corrected chi connectivity index (χ3v) is 3.79. The molecule has 1 aromatic rings. The molecule has 0 bridgehead atoms. The first-order valence-corrected chi connectivity index (χ1v) is 9.75. The highest BCUT2D eigenvalue weighted by Crippen LogP contribution is 2.14. The maximum absolute atomic E-state index is 11.5. The topological polar surface area (TPSA) is 111 Å². The molecule has 0 spiro atoms. The molecular weight excluding hydrogens is 390 g/mol. The predicted molar refractivity (Wildman–Crippen MR) is 112 cm³/mol. The van der Waals surface area contributed by atoms with Crippen LogP contribution in [0.4, 0.5) is 4.79 Å². The Morgan fingerprint density at radius 3 is 2.30 bits per heavy atom. The number of alkyl carbamates (subject to hydrolysis) is 1. The summed E-state index contributed by atoms with van der Waals surface area (Å²) in [5.74, 6) is -0.738. The number of carbonyl (C=O) groups is 3. The Labute approximate surface area is 176 Å². The number of carboxylic acid groups (broad SMARTS) is 1. The number of amides is 1. The van der Waals surface area contributed by atoms with Crippen molar-refractivity contribution in [1.82, 2.24) is 5.32 Å². The average molecular weight is 419 g/mol. The first-order valence-electron chi connectivity index (χ1n) is 9.75. The van der Waals surface area contributed by atoms with Gasteiger partial charge in [-0.05, 0) is 56.4 Å². The second kappa shape index (κ2) is 14.7. The van der Waals surface area contributed by atoms with Crippen LogP contribution in [0.5, 0.6) is 5.75 Å². The van der Waals surface area contributed by atoms with E-state index in [2.05, 4.69) is 11.9 Å². The van der Waals surface area contributed by atoms with Crippen molar-refractivity contribution in [2.45, 2.75) is 32.6 Å². The van der Waals surface area contributed by atoms with Crippen LogP contribution in [0.15, 0.2) is 42.5 Å². The first-order chi connectivity index (χ1) is 14.4. The van der Waals surface area contributed by atoms with Crippen molar-refractivity contribution in [3.8, 4) is 5.75 Å². The van der Waals surface area contributed by atoms with E-state index in [9.17, 15) is 14.4 Å². The van der Waals surface area contributed by atoms with Gasteiger partial charge in [0.15, 0.2) is 0 Å². The van der Waals surface area contributed by atoms with E-state index in [-0.39, 0.29) is 13.2 Å². The number of esters is 1. The maximum atomic E-state index is 11.5. The number of carboxylic acids is 1. The van der Waals surface area contributed by atoms with E-state index < -0.39 is 18.0 Å². The molecule has 0 saturated carbocycles. The molecule has 8 nitrogen and oxygen atoms in total. The molecule has 0 aliphatic carbocycles. The minimum Gasteiger partial charge on any atom is -0.494 e. The summed E-state index contributed by atoms with van der Waals surface area (Å²) in [6.07, 6.45) is 5.56. The van der Waals surface area contributed by atoms with Crippen LogP contribution in [0.2, 0.25) is 0 Å². The lowest BCUT2D eigenvalue weighted by Crippen LogP contribution is -2.29. The fraction of sp³-hybridized carbons (Fsp3) is 0.409. The van der Waals surface area contributed by atoms with Crippen LogP contribution in [0.25, 0.3) is 6.08 Å². The van der Waals surface area contributed by atoms with Gasteiger partial charge in [-0.15, -0.1) is 0 Å². The Bertz CT molecular complexity index is 726. The number of hydrogen-bond donors (Lipinski definition) is 2. The highest BCUT2D eigenvalue weighted by Gasteiger charge is 2.04. The number of nitrogens with one attached hydrogen (secondary N) is 1. The number of hydrogen-bond acceptors (Lipinski definition) is 6. The van der Waals surface area contributed by atoms with Crippen molar-refractivity contribution >= 4 is 24.1 Å². The monoisotopic (exact) mass is 419 g/mol. The molecule has 0 fully saturated rings. The Kier molecular flexibility index (Phi) is 12.1. The summed E-state index contributed by atoms with van der Waals surface area (Å²) in [4.78, 5) is 33.1. The molecule has 0 radical (unpaired) electrons. The van der Waals surface area contributed by atoms with E-state index in [0.29, 0.717) is 18.8 Å². The van der Waals surface area contributed by atoms with Crippen molar-refractivity contribution in [3.05, 3.63) is 48.1 Å². The lowest BCUT2D eigenvalue weighted by molar-refractivity contribution is -0.138. The third kappa shape index (κ3) is 12.2. The number of carbonyl (C=O) groups excluding carboxylic acids is 2. The number of unbranched alkanes of at least 4 members (excludes halogenated alkanes) is 3. The molecule has 1 aromatic carbocycles. The van der Waals surface area contributed by atoms with Gasteiger partial charge in [-0.1, -0.05) is 18.7 Å². The second-order valence-electron chi connectivity index (χ2n) is 6.48. The summed E-state index contributed by atoms with van der Waals surface area (Å²) in [5.41, 5.74) is 1.10. The fourth-order valence-electron chi connectivity index (χ4n) is 2.23. The van der Waals surface area contributed by atoms with Crippen LogP contribution in [0.1, 0.15) is 38.2 Å². The molecule has 0 aliphatic rings. The van der Waals surface area contributed by atoms with Crippen LogP contribution in [-0.4, -0.2) is 49.5 Å². The van der Waals surface area contributed by atoms with Crippen LogP contribution in [0, 0.1) is 0 Å². The van der Waals surface area contributed by atoms with Gasteiger partial charge in [0, 0.05) is 11.6 Å². The lowest BCUT2D eigenvalue weighted by atomic mass is 10.2. The molecule has 2 N–H and O–H groups in total. The molecule has 164 valence electrons. The van der Waals surface area contributed by atoms with Gasteiger partial charge in [0.25, 0.3) is 0 Å². The van der Waals surface area contributed by atoms with Crippen molar-refractivity contribution in [2.75, 3.05) is 26.4 Å². The summed E-state index contributed by atoms with van der Waals surface area (Å²) in [7, 11) is 0. The molecule has 0 aliphatic heterocycles. The Balaban J connectivity index is 1.99. The van der Waals surface area contributed by atoms with Crippen molar-refractivity contribution < 1.29 is 33.7 Å². The van der Waals surface area contributed by atoms with Crippen molar-refractivity contribution in [1.29, 1.82) is 0 Å². The summed E-state index contributed by atoms with van der Waals surface area (Å²) in [6.45, 7) is 6.17. The van der Waals surface area contributed by atoms with Gasteiger partial charge in [-0.3, -0.25) is 0 Å². The number of benzene rings is 1. The molecule has 30 heavy (non-hydrogen) atoms. The highest BCUT2D eigenvalue weighted by atomic mass is 16.6. The SMILES string of the molecule is C=C(C)C(=O)OCCNC(=O)OCCCCCCOc1ccc(C=CC(=O)O)cc1. The molecule has 0 heterocycles. The fourth-order valence-corrected chi connectivity index (χ4v) is 2.23. The normalized spacial score (nSPS) is 10.4. The van der Waals surface area contributed by atoms with Gasteiger partial charge in [0.2, 0.25) is 0 Å². The molecule has 0 atom stereocenters. The van der Waals surface area contributed by atoms with E-state index in [1.54, 1.807) is 31.2 Å². The lowest BCUT2D eigenvalue weighted by Gasteiger charge is -2.08. The Morgan fingerprint density at radius 2 is 1.67 bits per heavy atom. The molecule has 1 amide bonds. The number of aliphatic carboxylic acids is 1. The molecule has 0 aromatic heterocycles. The minimum absolute atomic E-state index is 0.0720. The minimum atomic E-state index is -0.983. The van der Waals surface area contributed by atoms with E-state index in [0.717, 1.165) is 43.1 Å². The van der Waals surface area contributed by atoms with Gasteiger partial charge < -0.3 is 24.6 Å². The number of ether oxygens (including phenoxy) is 3. The van der Waals surface area contributed by atoms with E-state index in [4.69, 9.17) is 19.3 Å². The van der Waals surface area contributed by atoms with Crippen LogP contribution in [-0.2, 0) is 19.1 Å². The van der Waals surface area contributed by atoms with Crippen LogP contribution < -0.4 is 10.1 Å².